The van der Waals surface area contributed by atoms with Gasteiger partial charge in [0.25, 0.3) is 0 Å². The highest BCUT2D eigenvalue weighted by atomic mass is 14.2. The monoisotopic (exact) mass is 284 g/mol. The maximum Gasteiger partial charge on any atom is -0.0325 e. The number of allylic oxidation sites excluding steroid dienone is 2. The lowest BCUT2D eigenvalue weighted by Gasteiger charge is -2.23. The fourth-order valence-corrected chi connectivity index (χ4v) is 2.00. The van der Waals surface area contributed by atoms with E-state index in [1.165, 1.54) is 25.7 Å². The van der Waals surface area contributed by atoms with Crippen LogP contribution in [0.1, 0.15) is 88.0 Å². The molecule has 0 rings (SSSR count). The number of hydrogen-bond donors (Lipinski definition) is 0. The molecule has 0 aliphatic heterocycles. The number of rotatable bonds is 8. The molecule has 0 amide bonds. The predicted octanol–water partition coefficient (Wildman–Crippen LogP) is 7.91. The van der Waals surface area contributed by atoms with Gasteiger partial charge in [-0.15, -0.1) is 13.2 Å². The van der Waals surface area contributed by atoms with E-state index in [9.17, 15) is 0 Å². The van der Waals surface area contributed by atoms with E-state index in [1.54, 1.807) is 0 Å². The summed E-state index contributed by atoms with van der Waals surface area (Å²) in [4.78, 5) is 0. The van der Waals surface area contributed by atoms with Crippen molar-refractivity contribution in [2.75, 3.05) is 0 Å². The molecular weight excluding hydrogens is 240 g/mol. The zero-order valence-corrected chi connectivity index (χ0v) is 14.8. The van der Waals surface area contributed by atoms with E-state index in [0.29, 0.717) is 0 Å². The van der Waals surface area contributed by atoms with E-state index < -0.39 is 0 Å². The quantitative estimate of drug-likeness (QED) is 0.397. The van der Waals surface area contributed by atoms with Crippen LogP contribution in [0, 0.1) is 17.8 Å². The van der Waals surface area contributed by atoms with Gasteiger partial charge < -0.3 is 0 Å². The Balaban J connectivity index is -0.000000157. The molecule has 2 atom stereocenters. The average Bonchev–Trinajstić information content (AvgIpc) is 2.45. The first-order valence-corrected chi connectivity index (χ1v) is 8.28. The van der Waals surface area contributed by atoms with Crippen molar-refractivity contribution in [2.45, 2.75) is 88.0 Å². The molecule has 20 heavy (non-hydrogen) atoms. The summed E-state index contributed by atoms with van der Waals surface area (Å²) in [5, 5.41) is 0. The summed E-state index contributed by atoms with van der Waals surface area (Å²) in [6.45, 7) is 22.7. The zero-order chi connectivity index (χ0) is 15.7. The Morgan fingerprint density at radius 1 is 0.900 bits per heavy atom. The van der Waals surface area contributed by atoms with Crippen molar-refractivity contribution in [1.82, 2.24) is 0 Å². The van der Waals surface area contributed by atoms with Crippen LogP contribution < -0.4 is 0 Å². The van der Waals surface area contributed by atoms with Crippen molar-refractivity contribution in [3.8, 4) is 0 Å². The third-order valence-electron chi connectivity index (χ3n) is 3.47. The predicted molar refractivity (Wildman–Crippen MR) is 100 cm³/mol. The molecule has 2 unspecified atom stereocenters. The second-order valence-corrected chi connectivity index (χ2v) is 5.14. The fourth-order valence-electron chi connectivity index (χ4n) is 2.00. The van der Waals surface area contributed by atoms with Crippen LogP contribution in [0.3, 0.4) is 0 Å². The summed E-state index contributed by atoms with van der Waals surface area (Å²) in [6, 6.07) is 0. The van der Waals surface area contributed by atoms with Crippen LogP contribution in [-0.2, 0) is 0 Å². The fraction of sp³-hybridized carbons (Fsp3) is 0.800. The van der Waals surface area contributed by atoms with Gasteiger partial charge in [0.15, 0.2) is 0 Å². The van der Waals surface area contributed by atoms with Gasteiger partial charge in [0.2, 0.25) is 0 Å². The lowest BCUT2D eigenvalue weighted by Crippen LogP contribution is -2.12. The first kappa shape index (κ1) is 27.8. The van der Waals surface area contributed by atoms with Crippen molar-refractivity contribution in [3.63, 3.8) is 0 Å². The lowest BCUT2D eigenvalue weighted by atomic mass is 9.82. The standard InChI is InChI=1S/C13H26.C4H8.C2H6.CH4/c1-6-9-12(7-2)10-13(8-3)11(4)5;1-3-4-2;1-2;/h6,11-13H,1,7-10H2,2-5H3;3H,1,4H2,2H3;1-2H3;1H4. The maximum absolute atomic E-state index is 3.83. The van der Waals surface area contributed by atoms with Gasteiger partial charge >= 0.3 is 0 Å². The summed E-state index contributed by atoms with van der Waals surface area (Å²) in [7, 11) is 0. The Morgan fingerprint density at radius 3 is 1.55 bits per heavy atom. The van der Waals surface area contributed by atoms with Gasteiger partial charge in [-0.3, -0.25) is 0 Å². The second kappa shape index (κ2) is 23.6. The molecule has 0 saturated heterocycles. The third kappa shape index (κ3) is 19.8. The molecule has 0 fully saturated rings. The van der Waals surface area contributed by atoms with Crippen molar-refractivity contribution < 1.29 is 0 Å². The van der Waals surface area contributed by atoms with E-state index in [1.807, 2.05) is 19.9 Å². The minimum Gasteiger partial charge on any atom is -0.103 e. The molecule has 0 N–H and O–H groups in total. The summed E-state index contributed by atoms with van der Waals surface area (Å²) >= 11 is 0. The van der Waals surface area contributed by atoms with E-state index in [-0.39, 0.29) is 7.43 Å². The summed E-state index contributed by atoms with van der Waals surface area (Å²) in [5.74, 6) is 2.61. The van der Waals surface area contributed by atoms with E-state index in [0.717, 1.165) is 24.2 Å². The minimum absolute atomic E-state index is 0. The van der Waals surface area contributed by atoms with Gasteiger partial charge in [0.05, 0.1) is 0 Å². The second-order valence-electron chi connectivity index (χ2n) is 5.14. The van der Waals surface area contributed by atoms with Gasteiger partial charge in [-0.2, -0.15) is 0 Å². The van der Waals surface area contributed by atoms with Crippen LogP contribution in [0.25, 0.3) is 0 Å². The molecule has 0 spiro atoms. The maximum atomic E-state index is 3.83. The van der Waals surface area contributed by atoms with Crippen molar-refractivity contribution >= 4 is 0 Å². The van der Waals surface area contributed by atoms with Crippen molar-refractivity contribution in [3.05, 3.63) is 25.3 Å². The molecule has 0 aliphatic rings. The van der Waals surface area contributed by atoms with Gasteiger partial charge in [-0.25, -0.2) is 0 Å². The van der Waals surface area contributed by atoms with Crippen LogP contribution in [-0.4, -0.2) is 0 Å². The highest BCUT2D eigenvalue weighted by Gasteiger charge is 2.15. The van der Waals surface area contributed by atoms with Gasteiger partial charge in [0, 0.05) is 0 Å². The Morgan fingerprint density at radius 2 is 1.35 bits per heavy atom. The minimum atomic E-state index is 0. The Hall–Kier alpha value is -0.520. The summed E-state index contributed by atoms with van der Waals surface area (Å²) in [5.41, 5.74) is 0. The third-order valence-corrected chi connectivity index (χ3v) is 3.47. The molecule has 0 heteroatoms. The zero-order valence-electron chi connectivity index (χ0n) is 14.8. The van der Waals surface area contributed by atoms with Crippen LogP contribution in [0.15, 0.2) is 25.3 Å². The molecular formula is C20H44. The van der Waals surface area contributed by atoms with Crippen LogP contribution >= 0.6 is 0 Å². The van der Waals surface area contributed by atoms with Gasteiger partial charge in [0.1, 0.15) is 0 Å². The van der Waals surface area contributed by atoms with Crippen LogP contribution in [0.5, 0.6) is 0 Å². The molecule has 0 saturated carbocycles. The Labute approximate surface area is 131 Å². The summed E-state index contributed by atoms with van der Waals surface area (Å²) < 4.78 is 0. The van der Waals surface area contributed by atoms with Gasteiger partial charge in [-0.05, 0) is 37.0 Å². The molecule has 0 nitrogen and oxygen atoms in total. The molecule has 0 heterocycles. The highest BCUT2D eigenvalue weighted by Crippen LogP contribution is 2.27. The first-order valence-electron chi connectivity index (χ1n) is 8.28. The Kier molecular flexibility index (Phi) is 32.7. The van der Waals surface area contributed by atoms with E-state index in [2.05, 4.69) is 53.9 Å². The first-order chi connectivity index (χ1) is 9.06. The lowest BCUT2D eigenvalue weighted by molar-refractivity contribution is 0.284. The smallest absolute Gasteiger partial charge is 0.0325 e. The largest absolute Gasteiger partial charge is 0.103 e. The SMILES string of the molecule is C.C=CCC.C=CCC(CC)CC(CC)C(C)C.CC. The molecule has 124 valence electrons. The summed E-state index contributed by atoms with van der Waals surface area (Å²) in [6.07, 6.45) is 10.2. The Bertz CT molecular complexity index is 167. The van der Waals surface area contributed by atoms with E-state index >= 15 is 0 Å². The van der Waals surface area contributed by atoms with E-state index in [4.69, 9.17) is 0 Å². The molecule has 0 aromatic rings. The molecule has 0 aromatic heterocycles. The van der Waals surface area contributed by atoms with Gasteiger partial charge in [-0.1, -0.05) is 80.9 Å². The number of hydrogen-bond acceptors (Lipinski definition) is 0. The topological polar surface area (TPSA) is 0 Å². The highest BCUT2D eigenvalue weighted by molar-refractivity contribution is 4.75. The molecule has 0 aromatic carbocycles. The molecule has 0 radical (unpaired) electrons. The van der Waals surface area contributed by atoms with Crippen LogP contribution in [0.4, 0.5) is 0 Å². The van der Waals surface area contributed by atoms with Crippen LogP contribution in [0.2, 0.25) is 0 Å². The van der Waals surface area contributed by atoms with Crippen molar-refractivity contribution in [1.29, 1.82) is 0 Å². The van der Waals surface area contributed by atoms with Crippen molar-refractivity contribution in [2.24, 2.45) is 17.8 Å². The molecule has 0 bridgehead atoms. The molecule has 0 aliphatic carbocycles. The average molecular weight is 285 g/mol. The normalized spacial score (nSPS) is 11.8.